The van der Waals surface area contributed by atoms with E-state index in [0.717, 1.165) is 11.3 Å². The molecule has 0 spiro atoms. The normalized spacial score (nSPS) is 10.1. The molecule has 122 valence electrons. The van der Waals surface area contributed by atoms with Crippen LogP contribution in [0, 0.1) is 6.92 Å². The monoisotopic (exact) mass is 334 g/mol. The maximum Gasteiger partial charge on any atom is 0.243 e. The van der Waals surface area contributed by atoms with Crippen LogP contribution >= 0.6 is 11.6 Å². The van der Waals surface area contributed by atoms with Gasteiger partial charge in [-0.3, -0.25) is 4.79 Å². The fraction of sp³-hybridized carbons (Fsp3) is 0.235. The Morgan fingerprint density at radius 3 is 2.52 bits per heavy atom. The quantitative estimate of drug-likeness (QED) is 0.845. The first-order chi connectivity index (χ1) is 11.0. The molecular formula is C17H19ClN2O3. The van der Waals surface area contributed by atoms with Gasteiger partial charge < -0.3 is 20.1 Å². The summed E-state index contributed by atoms with van der Waals surface area (Å²) >= 11 is 6.04. The number of carbonyl (C=O) groups is 1. The van der Waals surface area contributed by atoms with Crippen molar-refractivity contribution >= 4 is 28.9 Å². The van der Waals surface area contributed by atoms with Crippen LogP contribution in [0.25, 0.3) is 0 Å². The first kappa shape index (κ1) is 17.0. The van der Waals surface area contributed by atoms with Gasteiger partial charge in [-0.05, 0) is 24.6 Å². The number of amides is 1. The Morgan fingerprint density at radius 2 is 1.87 bits per heavy atom. The third-order valence-corrected chi connectivity index (χ3v) is 3.51. The highest BCUT2D eigenvalue weighted by molar-refractivity contribution is 6.32. The molecule has 0 bridgehead atoms. The van der Waals surface area contributed by atoms with Gasteiger partial charge in [0.15, 0.2) is 0 Å². The fourth-order valence-corrected chi connectivity index (χ4v) is 2.32. The van der Waals surface area contributed by atoms with Crippen LogP contribution in [-0.2, 0) is 4.79 Å². The van der Waals surface area contributed by atoms with Crippen LogP contribution in [0.15, 0.2) is 36.4 Å². The molecule has 0 saturated carbocycles. The molecule has 0 atom stereocenters. The Hall–Kier alpha value is -2.40. The van der Waals surface area contributed by atoms with Gasteiger partial charge in [-0.2, -0.15) is 0 Å². The highest BCUT2D eigenvalue weighted by atomic mass is 35.5. The summed E-state index contributed by atoms with van der Waals surface area (Å²) in [6, 6.07) is 11.0. The Morgan fingerprint density at radius 1 is 1.13 bits per heavy atom. The van der Waals surface area contributed by atoms with Gasteiger partial charge in [0.05, 0.1) is 31.5 Å². The van der Waals surface area contributed by atoms with Gasteiger partial charge in [0.25, 0.3) is 0 Å². The number of halogens is 1. The number of hydrogen-bond donors (Lipinski definition) is 2. The topological polar surface area (TPSA) is 59.6 Å². The smallest absolute Gasteiger partial charge is 0.243 e. The van der Waals surface area contributed by atoms with E-state index in [0.29, 0.717) is 22.2 Å². The van der Waals surface area contributed by atoms with E-state index in [-0.39, 0.29) is 12.5 Å². The second kappa shape index (κ2) is 7.74. The molecule has 0 fully saturated rings. The van der Waals surface area contributed by atoms with Crippen LogP contribution in [0.4, 0.5) is 11.4 Å². The second-order valence-electron chi connectivity index (χ2n) is 4.96. The summed E-state index contributed by atoms with van der Waals surface area (Å²) in [5.74, 6) is 0.739. The lowest BCUT2D eigenvalue weighted by molar-refractivity contribution is -0.114. The maximum atomic E-state index is 12.1. The van der Waals surface area contributed by atoms with E-state index in [1.54, 1.807) is 12.1 Å². The van der Waals surface area contributed by atoms with Crippen LogP contribution in [0.2, 0.25) is 5.02 Å². The van der Waals surface area contributed by atoms with E-state index in [4.69, 9.17) is 21.1 Å². The number of aryl methyl sites for hydroxylation is 1. The average Bonchev–Trinajstić information content (AvgIpc) is 2.54. The van der Waals surface area contributed by atoms with Gasteiger partial charge in [0, 0.05) is 17.8 Å². The third-order valence-electron chi connectivity index (χ3n) is 3.22. The lowest BCUT2D eigenvalue weighted by atomic mass is 10.2. The van der Waals surface area contributed by atoms with Crippen LogP contribution in [-0.4, -0.2) is 26.7 Å². The molecule has 0 radical (unpaired) electrons. The Kier molecular flexibility index (Phi) is 5.71. The maximum absolute atomic E-state index is 12.1. The standard InChI is InChI=1S/C17H19ClN2O3/c1-11-5-4-6-12(7-11)19-10-17(21)20-14-9-15(22-2)13(18)8-16(14)23-3/h4-9,19H,10H2,1-3H3,(H,20,21). The number of nitrogens with one attached hydrogen (secondary N) is 2. The molecule has 5 nitrogen and oxygen atoms in total. The summed E-state index contributed by atoms with van der Waals surface area (Å²) in [4.78, 5) is 12.1. The van der Waals surface area contributed by atoms with Crippen molar-refractivity contribution in [1.82, 2.24) is 0 Å². The third kappa shape index (κ3) is 4.53. The molecule has 2 aromatic carbocycles. The van der Waals surface area contributed by atoms with E-state index in [9.17, 15) is 4.79 Å². The molecule has 2 aromatic rings. The summed E-state index contributed by atoms with van der Waals surface area (Å²) in [6.07, 6.45) is 0. The van der Waals surface area contributed by atoms with Crippen molar-refractivity contribution in [2.75, 3.05) is 31.4 Å². The first-order valence-electron chi connectivity index (χ1n) is 7.05. The van der Waals surface area contributed by atoms with E-state index < -0.39 is 0 Å². The van der Waals surface area contributed by atoms with E-state index in [2.05, 4.69) is 10.6 Å². The van der Waals surface area contributed by atoms with Gasteiger partial charge in [-0.25, -0.2) is 0 Å². The zero-order valence-corrected chi connectivity index (χ0v) is 14.0. The number of methoxy groups -OCH3 is 2. The van der Waals surface area contributed by atoms with Crippen LogP contribution in [0.3, 0.4) is 0 Å². The predicted molar refractivity (Wildman–Crippen MR) is 92.9 cm³/mol. The van der Waals surface area contributed by atoms with Crippen LogP contribution in [0.5, 0.6) is 11.5 Å². The molecule has 0 aliphatic carbocycles. The lowest BCUT2D eigenvalue weighted by Gasteiger charge is -2.13. The molecule has 23 heavy (non-hydrogen) atoms. The number of anilines is 2. The molecular weight excluding hydrogens is 316 g/mol. The van der Waals surface area contributed by atoms with Crippen molar-refractivity contribution < 1.29 is 14.3 Å². The molecule has 0 saturated heterocycles. The largest absolute Gasteiger partial charge is 0.495 e. The van der Waals surface area contributed by atoms with Crippen LogP contribution < -0.4 is 20.1 Å². The Labute approximate surface area is 140 Å². The lowest BCUT2D eigenvalue weighted by Crippen LogP contribution is -2.22. The van der Waals surface area contributed by atoms with Crippen molar-refractivity contribution in [3.05, 3.63) is 47.0 Å². The zero-order chi connectivity index (χ0) is 16.8. The van der Waals surface area contributed by atoms with Gasteiger partial charge in [-0.1, -0.05) is 23.7 Å². The summed E-state index contributed by atoms with van der Waals surface area (Å²) < 4.78 is 10.4. The minimum absolute atomic E-state index is 0.136. The molecule has 0 unspecified atom stereocenters. The minimum atomic E-state index is -0.200. The average molecular weight is 335 g/mol. The van der Waals surface area contributed by atoms with E-state index in [1.165, 1.54) is 14.2 Å². The van der Waals surface area contributed by atoms with E-state index >= 15 is 0 Å². The number of hydrogen-bond acceptors (Lipinski definition) is 4. The van der Waals surface area contributed by atoms with E-state index in [1.807, 2.05) is 31.2 Å². The van der Waals surface area contributed by atoms with Gasteiger partial charge >= 0.3 is 0 Å². The predicted octanol–water partition coefficient (Wildman–Crippen LogP) is 3.72. The number of ether oxygens (including phenoxy) is 2. The summed E-state index contributed by atoms with van der Waals surface area (Å²) in [6.45, 7) is 2.13. The molecule has 2 rings (SSSR count). The van der Waals surface area contributed by atoms with Crippen molar-refractivity contribution in [3.8, 4) is 11.5 Å². The summed E-state index contributed by atoms with van der Waals surface area (Å²) in [5, 5.41) is 6.27. The first-order valence-corrected chi connectivity index (χ1v) is 7.43. The highest BCUT2D eigenvalue weighted by Crippen LogP contribution is 2.35. The number of benzene rings is 2. The zero-order valence-electron chi connectivity index (χ0n) is 13.3. The van der Waals surface area contributed by atoms with Crippen molar-refractivity contribution in [3.63, 3.8) is 0 Å². The number of carbonyl (C=O) groups excluding carboxylic acids is 1. The van der Waals surface area contributed by atoms with Crippen molar-refractivity contribution in [2.24, 2.45) is 0 Å². The Bertz CT molecular complexity index is 704. The second-order valence-corrected chi connectivity index (χ2v) is 5.37. The molecule has 0 aliphatic heterocycles. The summed E-state index contributed by atoms with van der Waals surface area (Å²) in [5.41, 5.74) is 2.52. The molecule has 1 amide bonds. The SMILES string of the molecule is COc1cc(NC(=O)CNc2cccc(C)c2)c(OC)cc1Cl. The van der Waals surface area contributed by atoms with Gasteiger partial charge in [-0.15, -0.1) is 0 Å². The molecule has 0 heterocycles. The molecule has 0 aliphatic rings. The Balaban J connectivity index is 2.05. The van der Waals surface area contributed by atoms with Crippen molar-refractivity contribution in [1.29, 1.82) is 0 Å². The minimum Gasteiger partial charge on any atom is -0.495 e. The molecule has 0 aromatic heterocycles. The van der Waals surface area contributed by atoms with Gasteiger partial charge in [0.1, 0.15) is 11.5 Å². The van der Waals surface area contributed by atoms with Crippen molar-refractivity contribution in [2.45, 2.75) is 6.92 Å². The fourth-order valence-electron chi connectivity index (χ4n) is 2.09. The molecule has 6 heteroatoms. The van der Waals surface area contributed by atoms with Crippen LogP contribution in [0.1, 0.15) is 5.56 Å². The highest BCUT2D eigenvalue weighted by Gasteiger charge is 2.12. The molecule has 2 N–H and O–H groups in total. The van der Waals surface area contributed by atoms with Gasteiger partial charge in [0.2, 0.25) is 5.91 Å². The number of rotatable bonds is 6. The summed E-state index contributed by atoms with van der Waals surface area (Å²) in [7, 11) is 3.03.